The Balaban J connectivity index is 2.04. The summed E-state index contributed by atoms with van der Waals surface area (Å²) in [5.74, 6) is -1.14. The lowest BCUT2D eigenvalue weighted by Crippen LogP contribution is -2.49. The topological polar surface area (TPSA) is 192 Å². The second kappa shape index (κ2) is 20.0. The van der Waals surface area contributed by atoms with Gasteiger partial charge in [-0.2, -0.15) is 0 Å². The Hall–Kier alpha value is -5.38. The molecular weight excluding hydrogens is 690 g/mol. The summed E-state index contributed by atoms with van der Waals surface area (Å²) in [6.07, 6.45) is -0.820. The van der Waals surface area contributed by atoms with Crippen LogP contribution in [-0.2, 0) is 44.5 Å². The summed E-state index contributed by atoms with van der Waals surface area (Å²) in [5, 5.41) is 5.35. The molecule has 0 fully saturated rings. The van der Waals surface area contributed by atoms with Gasteiger partial charge in [-0.05, 0) is 68.7 Å². The summed E-state index contributed by atoms with van der Waals surface area (Å²) in [4.78, 5) is 52.9. The minimum Gasteiger partial charge on any atom is -0.496 e. The number of nitrogens with one attached hydrogen (secondary N) is 2. The predicted octanol–water partition coefficient (Wildman–Crippen LogP) is 4.43. The van der Waals surface area contributed by atoms with Gasteiger partial charge in [0.25, 0.3) is 0 Å². The molecule has 3 aromatic carbocycles. The number of rotatable bonds is 18. The average Bonchev–Trinajstić information content (AvgIpc) is 3.13. The van der Waals surface area contributed by atoms with E-state index in [0.29, 0.717) is 23.5 Å². The summed E-state index contributed by atoms with van der Waals surface area (Å²) < 4.78 is 43.3. The van der Waals surface area contributed by atoms with Gasteiger partial charge in [0.05, 0.1) is 34.5 Å². The van der Waals surface area contributed by atoms with Crippen molar-refractivity contribution in [2.24, 2.45) is 5.73 Å². The molecule has 2 amide bonds. The fraction of sp³-hybridized carbons (Fsp3) is 0.421. The van der Waals surface area contributed by atoms with E-state index in [1.807, 2.05) is 6.07 Å². The number of methoxy groups -OCH3 is 4. The molecule has 3 atom stereocenters. The van der Waals surface area contributed by atoms with Crippen LogP contribution in [0.1, 0.15) is 55.1 Å². The third-order valence-electron chi connectivity index (χ3n) is 7.63. The monoisotopic (exact) mass is 739 g/mol. The van der Waals surface area contributed by atoms with Crippen LogP contribution in [0.2, 0.25) is 0 Å². The number of benzene rings is 3. The van der Waals surface area contributed by atoms with E-state index in [9.17, 15) is 19.2 Å². The minimum atomic E-state index is -1.41. The first-order valence-electron chi connectivity index (χ1n) is 16.7. The summed E-state index contributed by atoms with van der Waals surface area (Å²) in [7, 11) is 5.63. The zero-order valence-corrected chi connectivity index (χ0v) is 31.3. The Morgan fingerprint density at radius 3 is 2.06 bits per heavy atom. The molecule has 0 aliphatic rings. The van der Waals surface area contributed by atoms with E-state index in [4.69, 9.17) is 43.6 Å². The first-order chi connectivity index (χ1) is 25.2. The van der Waals surface area contributed by atoms with E-state index < -0.39 is 47.7 Å². The number of nitrogens with two attached hydrogens (primary N) is 1. The number of esters is 2. The van der Waals surface area contributed by atoms with Crippen molar-refractivity contribution in [3.63, 3.8) is 0 Å². The van der Waals surface area contributed by atoms with E-state index >= 15 is 0 Å². The third-order valence-corrected chi connectivity index (χ3v) is 7.63. The molecule has 0 aliphatic heterocycles. The van der Waals surface area contributed by atoms with E-state index in [1.54, 1.807) is 76.2 Å². The van der Waals surface area contributed by atoms with Crippen molar-refractivity contribution in [3.8, 4) is 23.0 Å². The van der Waals surface area contributed by atoms with Gasteiger partial charge < -0.3 is 54.3 Å². The van der Waals surface area contributed by atoms with Crippen molar-refractivity contribution in [1.29, 1.82) is 0 Å². The molecule has 0 bridgehead atoms. The zero-order valence-electron chi connectivity index (χ0n) is 31.3. The van der Waals surface area contributed by atoms with E-state index in [2.05, 4.69) is 10.6 Å². The maximum atomic E-state index is 14.2. The largest absolute Gasteiger partial charge is 0.496 e. The molecule has 53 heavy (non-hydrogen) atoms. The van der Waals surface area contributed by atoms with E-state index in [0.717, 1.165) is 5.56 Å². The molecule has 0 radical (unpaired) electrons. The molecule has 15 nitrogen and oxygen atoms in total. The Kier molecular flexibility index (Phi) is 15.9. The van der Waals surface area contributed by atoms with Crippen molar-refractivity contribution in [2.75, 3.05) is 48.4 Å². The fourth-order valence-electron chi connectivity index (χ4n) is 4.94. The molecule has 0 spiro atoms. The molecular formula is C38H49N3O12. The number of amides is 2. The lowest BCUT2D eigenvalue weighted by molar-refractivity contribution is -0.160. The van der Waals surface area contributed by atoms with Crippen molar-refractivity contribution < 1.29 is 57.1 Å². The first-order valence-corrected chi connectivity index (χ1v) is 16.7. The van der Waals surface area contributed by atoms with Crippen LogP contribution >= 0.6 is 0 Å². The van der Waals surface area contributed by atoms with Gasteiger partial charge in [-0.1, -0.05) is 36.4 Å². The lowest BCUT2D eigenvalue weighted by Gasteiger charge is -2.26. The van der Waals surface area contributed by atoms with Crippen LogP contribution in [0.4, 0.5) is 4.79 Å². The van der Waals surface area contributed by atoms with Gasteiger partial charge in [-0.3, -0.25) is 9.59 Å². The second-order valence-electron chi connectivity index (χ2n) is 12.7. The summed E-state index contributed by atoms with van der Waals surface area (Å²) in [6.45, 7) is 6.91. The van der Waals surface area contributed by atoms with Crippen LogP contribution in [0.5, 0.6) is 23.0 Å². The zero-order chi connectivity index (χ0) is 39.1. The van der Waals surface area contributed by atoms with Gasteiger partial charge in [0.1, 0.15) is 35.2 Å². The molecule has 0 aliphatic carbocycles. The Morgan fingerprint density at radius 1 is 0.774 bits per heavy atom. The van der Waals surface area contributed by atoms with Gasteiger partial charge >= 0.3 is 18.0 Å². The molecule has 0 aromatic heterocycles. The second-order valence-corrected chi connectivity index (χ2v) is 12.7. The summed E-state index contributed by atoms with van der Waals surface area (Å²) >= 11 is 0. The average molecular weight is 740 g/mol. The maximum Gasteiger partial charge on any atom is 0.408 e. The third kappa shape index (κ3) is 12.7. The number of carbonyl (C=O) groups is 4. The fourth-order valence-corrected chi connectivity index (χ4v) is 4.94. The number of ether oxygens (including phenoxy) is 8. The lowest BCUT2D eigenvalue weighted by atomic mass is 10.0. The van der Waals surface area contributed by atoms with Crippen LogP contribution in [0.15, 0.2) is 60.7 Å². The summed E-state index contributed by atoms with van der Waals surface area (Å²) in [5.41, 5.74) is 7.14. The molecule has 3 rings (SSSR count). The highest BCUT2D eigenvalue weighted by Crippen LogP contribution is 2.39. The quantitative estimate of drug-likeness (QED) is 0.0719. The summed E-state index contributed by atoms with van der Waals surface area (Å²) in [6, 6.07) is 13.1. The first kappa shape index (κ1) is 42.0. The van der Waals surface area contributed by atoms with Crippen LogP contribution in [0, 0.1) is 6.92 Å². The highest BCUT2D eigenvalue weighted by atomic mass is 16.7. The van der Waals surface area contributed by atoms with Crippen LogP contribution < -0.4 is 30.6 Å². The van der Waals surface area contributed by atoms with Crippen molar-refractivity contribution in [3.05, 3.63) is 82.9 Å². The maximum absolute atomic E-state index is 14.2. The van der Waals surface area contributed by atoms with Crippen molar-refractivity contribution in [2.45, 2.75) is 57.8 Å². The van der Waals surface area contributed by atoms with Crippen LogP contribution in [0.25, 0.3) is 0 Å². The van der Waals surface area contributed by atoms with Crippen LogP contribution in [0.3, 0.4) is 0 Å². The normalized spacial score (nSPS) is 12.8. The molecule has 15 heteroatoms. The van der Waals surface area contributed by atoms with Crippen LogP contribution in [-0.4, -0.2) is 84.0 Å². The minimum absolute atomic E-state index is 0.0742. The van der Waals surface area contributed by atoms with E-state index in [1.165, 1.54) is 34.5 Å². The van der Waals surface area contributed by atoms with Gasteiger partial charge in [0, 0.05) is 19.1 Å². The van der Waals surface area contributed by atoms with Gasteiger partial charge in [-0.25, -0.2) is 9.59 Å². The van der Waals surface area contributed by atoms with Gasteiger partial charge in [-0.15, -0.1) is 0 Å². The highest BCUT2D eigenvalue weighted by molar-refractivity contribution is 5.91. The van der Waals surface area contributed by atoms with Gasteiger partial charge in [0.2, 0.25) is 5.91 Å². The van der Waals surface area contributed by atoms with Gasteiger partial charge in [0.15, 0.2) is 18.3 Å². The Labute approximate surface area is 309 Å². The number of carbonyl (C=O) groups excluding carboxylic acids is 4. The Bertz CT molecular complexity index is 1690. The molecule has 4 N–H and O–H groups in total. The SMILES string of the molecule is COCCOCOC(=O)[C@@H](Cc1ccccc1)NC(=O)[C@H](NC(=O)OC(C)(C)C)c1ccc(OC)c(Oc2cc([C@H](N)C(=O)OC)cc(OC)c2C)c1. The number of hydrogen-bond acceptors (Lipinski definition) is 13. The molecule has 0 unspecified atom stereocenters. The predicted molar refractivity (Wildman–Crippen MR) is 193 cm³/mol. The highest BCUT2D eigenvalue weighted by Gasteiger charge is 2.32. The molecule has 3 aromatic rings. The molecule has 0 heterocycles. The number of alkyl carbamates (subject to hydrolysis) is 1. The van der Waals surface area contributed by atoms with E-state index in [-0.39, 0.29) is 42.6 Å². The molecule has 0 saturated carbocycles. The standard InChI is InChI=1S/C38H49N3O12/c1-23-29(48-7)20-26(32(39)36(44)49-8)21-30(23)52-31-19-25(14-15-28(31)47-6)33(41-37(45)53-38(2,3)4)34(42)40-27(18-24-12-10-9-11-13-24)35(43)51-22-50-17-16-46-5/h9-15,19-21,27,32-33H,16-18,22,39H2,1-8H3,(H,40,42)(H,41,45)/t27-,32+,33-/m1/s1. The van der Waals surface area contributed by atoms with Crippen molar-refractivity contribution in [1.82, 2.24) is 10.6 Å². The van der Waals surface area contributed by atoms with Crippen molar-refractivity contribution >= 4 is 23.9 Å². The Morgan fingerprint density at radius 2 is 1.43 bits per heavy atom. The molecule has 0 saturated heterocycles. The number of hydrogen-bond donors (Lipinski definition) is 3. The molecule has 288 valence electrons. The smallest absolute Gasteiger partial charge is 0.408 e.